The number of hydrogen-bond acceptors (Lipinski definition) is 4. The Morgan fingerprint density at radius 1 is 0.962 bits per heavy atom. The van der Waals surface area contributed by atoms with Gasteiger partial charge in [-0.15, -0.1) is 11.3 Å². The highest BCUT2D eigenvalue weighted by Crippen LogP contribution is 2.28. The van der Waals surface area contributed by atoms with Crippen molar-refractivity contribution in [2.75, 3.05) is 7.11 Å². The van der Waals surface area contributed by atoms with E-state index in [2.05, 4.69) is 10.9 Å². The Balaban J connectivity index is 1.63. The molecule has 0 aliphatic heterocycles. The maximum absolute atomic E-state index is 13.0. The second-order valence-corrected chi connectivity index (χ2v) is 6.39. The van der Waals surface area contributed by atoms with Crippen molar-refractivity contribution < 1.29 is 18.7 Å². The number of rotatable bonds is 4. The number of ether oxygens (including phenoxy) is 1. The molecule has 2 amide bonds. The van der Waals surface area contributed by atoms with Crippen LogP contribution in [0.25, 0.3) is 10.4 Å². The first-order valence-corrected chi connectivity index (χ1v) is 8.49. The molecular formula is C19H15FN2O3S. The van der Waals surface area contributed by atoms with Gasteiger partial charge in [0.25, 0.3) is 11.8 Å². The van der Waals surface area contributed by atoms with E-state index in [0.29, 0.717) is 16.2 Å². The third-order valence-corrected chi connectivity index (χ3v) is 4.71. The van der Waals surface area contributed by atoms with Crippen molar-refractivity contribution in [3.05, 3.63) is 76.9 Å². The number of hydrazine groups is 1. The second kappa shape index (κ2) is 7.79. The molecule has 0 aliphatic carbocycles. The van der Waals surface area contributed by atoms with Gasteiger partial charge in [-0.05, 0) is 48.0 Å². The molecule has 0 radical (unpaired) electrons. The molecule has 0 atom stereocenters. The number of halogens is 1. The second-order valence-electron chi connectivity index (χ2n) is 5.31. The lowest BCUT2D eigenvalue weighted by Crippen LogP contribution is -2.41. The van der Waals surface area contributed by atoms with Gasteiger partial charge < -0.3 is 4.74 Å². The summed E-state index contributed by atoms with van der Waals surface area (Å²) in [5.74, 6) is -0.651. The van der Waals surface area contributed by atoms with Gasteiger partial charge in [0.05, 0.1) is 12.0 Å². The molecule has 5 nitrogen and oxygen atoms in total. The molecule has 3 rings (SSSR count). The highest BCUT2D eigenvalue weighted by molar-refractivity contribution is 7.17. The molecule has 0 unspecified atom stereocenters. The Bertz CT molecular complexity index is 938. The van der Waals surface area contributed by atoms with E-state index in [1.807, 2.05) is 0 Å². The van der Waals surface area contributed by atoms with Crippen molar-refractivity contribution in [1.82, 2.24) is 10.9 Å². The van der Waals surface area contributed by atoms with E-state index in [-0.39, 0.29) is 5.82 Å². The minimum absolute atomic E-state index is 0.316. The molecule has 132 valence electrons. The Kier molecular flexibility index (Phi) is 5.28. The van der Waals surface area contributed by atoms with E-state index < -0.39 is 11.8 Å². The van der Waals surface area contributed by atoms with Crippen LogP contribution in [0.4, 0.5) is 4.39 Å². The smallest absolute Gasteiger partial charge is 0.279 e. The zero-order valence-electron chi connectivity index (χ0n) is 13.8. The zero-order chi connectivity index (χ0) is 18.5. The maximum atomic E-state index is 13.0. The number of nitrogens with one attached hydrogen (secondary N) is 2. The summed E-state index contributed by atoms with van der Waals surface area (Å²) in [7, 11) is 1.51. The fourth-order valence-corrected chi connectivity index (χ4v) is 3.15. The first-order chi connectivity index (χ1) is 12.6. The fourth-order valence-electron chi connectivity index (χ4n) is 2.24. The van der Waals surface area contributed by atoms with Crippen LogP contribution in [0.1, 0.15) is 20.0 Å². The van der Waals surface area contributed by atoms with Gasteiger partial charge in [0.1, 0.15) is 11.6 Å². The molecular weight excluding hydrogens is 355 g/mol. The van der Waals surface area contributed by atoms with Gasteiger partial charge in [-0.3, -0.25) is 20.4 Å². The van der Waals surface area contributed by atoms with E-state index >= 15 is 0 Å². The van der Waals surface area contributed by atoms with Crippen LogP contribution in [-0.4, -0.2) is 18.9 Å². The molecule has 1 aromatic heterocycles. The summed E-state index contributed by atoms with van der Waals surface area (Å²) in [6, 6.07) is 16.0. The van der Waals surface area contributed by atoms with Crippen molar-refractivity contribution in [3.63, 3.8) is 0 Å². The Morgan fingerprint density at radius 3 is 2.42 bits per heavy atom. The summed E-state index contributed by atoms with van der Waals surface area (Å²) in [5, 5.41) is 0. The van der Waals surface area contributed by atoms with Crippen molar-refractivity contribution in [1.29, 1.82) is 0 Å². The average Bonchev–Trinajstić information content (AvgIpc) is 3.16. The summed E-state index contributed by atoms with van der Waals surface area (Å²) in [6.07, 6.45) is 0. The van der Waals surface area contributed by atoms with E-state index in [1.54, 1.807) is 48.5 Å². The van der Waals surface area contributed by atoms with E-state index in [1.165, 1.54) is 30.6 Å². The molecule has 2 aromatic carbocycles. The van der Waals surface area contributed by atoms with Crippen LogP contribution in [0.2, 0.25) is 0 Å². The number of hydrogen-bond donors (Lipinski definition) is 2. The first kappa shape index (κ1) is 17.6. The van der Waals surface area contributed by atoms with Gasteiger partial charge in [0.2, 0.25) is 0 Å². The molecule has 0 fully saturated rings. The third-order valence-electron chi connectivity index (χ3n) is 3.58. The third kappa shape index (κ3) is 4.07. The van der Waals surface area contributed by atoms with E-state index in [4.69, 9.17) is 4.74 Å². The van der Waals surface area contributed by atoms with Gasteiger partial charge in [0.15, 0.2) is 0 Å². The monoisotopic (exact) mass is 370 g/mol. The van der Waals surface area contributed by atoms with Crippen LogP contribution < -0.4 is 15.6 Å². The highest BCUT2D eigenvalue weighted by atomic mass is 32.1. The summed E-state index contributed by atoms with van der Waals surface area (Å²) < 4.78 is 18.1. The van der Waals surface area contributed by atoms with Crippen molar-refractivity contribution in [3.8, 4) is 16.2 Å². The average molecular weight is 370 g/mol. The van der Waals surface area contributed by atoms with Crippen molar-refractivity contribution in [2.45, 2.75) is 0 Å². The predicted molar refractivity (Wildman–Crippen MR) is 97.6 cm³/mol. The normalized spacial score (nSPS) is 10.2. The van der Waals surface area contributed by atoms with Crippen molar-refractivity contribution >= 4 is 23.2 Å². The lowest BCUT2D eigenvalue weighted by Gasteiger charge is -2.07. The topological polar surface area (TPSA) is 67.4 Å². The molecule has 7 heteroatoms. The van der Waals surface area contributed by atoms with Gasteiger partial charge in [-0.25, -0.2) is 4.39 Å². The standard InChI is InChI=1S/C19H15FN2O3S/c1-25-15-4-2-3-13(11-15)18(23)21-22-19(24)17-10-9-16(26-17)12-5-7-14(20)8-6-12/h2-11H,1H3,(H,21,23)(H,22,24). The zero-order valence-corrected chi connectivity index (χ0v) is 14.6. The Morgan fingerprint density at radius 2 is 1.69 bits per heavy atom. The number of benzene rings is 2. The van der Waals surface area contributed by atoms with Crippen LogP contribution in [-0.2, 0) is 0 Å². The molecule has 0 bridgehead atoms. The highest BCUT2D eigenvalue weighted by Gasteiger charge is 2.12. The lowest BCUT2D eigenvalue weighted by molar-refractivity contribution is 0.0849. The quantitative estimate of drug-likeness (QED) is 0.689. The number of thiophene rings is 1. The number of amides is 2. The summed E-state index contributed by atoms with van der Waals surface area (Å²) in [6.45, 7) is 0. The van der Waals surface area contributed by atoms with Gasteiger partial charge in [-0.1, -0.05) is 18.2 Å². The van der Waals surface area contributed by atoms with Gasteiger partial charge in [0, 0.05) is 10.4 Å². The number of methoxy groups -OCH3 is 1. The minimum atomic E-state index is -0.451. The first-order valence-electron chi connectivity index (χ1n) is 7.67. The van der Waals surface area contributed by atoms with E-state index in [9.17, 15) is 14.0 Å². The van der Waals surface area contributed by atoms with Gasteiger partial charge >= 0.3 is 0 Å². The fraction of sp³-hybridized carbons (Fsp3) is 0.0526. The molecule has 0 saturated carbocycles. The van der Waals surface area contributed by atoms with Gasteiger partial charge in [-0.2, -0.15) is 0 Å². The molecule has 3 aromatic rings. The summed E-state index contributed by atoms with van der Waals surface area (Å²) >= 11 is 1.25. The molecule has 1 heterocycles. The Hall–Kier alpha value is -3.19. The lowest BCUT2D eigenvalue weighted by atomic mass is 10.2. The molecule has 2 N–H and O–H groups in total. The Labute approximate surface area is 153 Å². The number of carbonyl (C=O) groups is 2. The number of carbonyl (C=O) groups excluding carboxylic acids is 2. The van der Waals surface area contributed by atoms with Crippen LogP contribution >= 0.6 is 11.3 Å². The largest absolute Gasteiger partial charge is 0.497 e. The summed E-state index contributed by atoms with van der Waals surface area (Å²) in [5.41, 5.74) is 5.93. The van der Waals surface area contributed by atoms with E-state index in [0.717, 1.165) is 10.4 Å². The van der Waals surface area contributed by atoms with Crippen LogP contribution in [0.3, 0.4) is 0 Å². The van der Waals surface area contributed by atoms with Crippen LogP contribution in [0.15, 0.2) is 60.7 Å². The SMILES string of the molecule is COc1cccc(C(=O)NNC(=O)c2ccc(-c3ccc(F)cc3)s2)c1. The van der Waals surface area contributed by atoms with Crippen molar-refractivity contribution in [2.24, 2.45) is 0 Å². The molecule has 0 spiro atoms. The van der Waals surface area contributed by atoms with Crippen LogP contribution in [0, 0.1) is 5.82 Å². The summed E-state index contributed by atoms with van der Waals surface area (Å²) in [4.78, 5) is 25.6. The minimum Gasteiger partial charge on any atom is -0.497 e. The maximum Gasteiger partial charge on any atom is 0.279 e. The van der Waals surface area contributed by atoms with Crippen LogP contribution in [0.5, 0.6) is 5.75 Å². The molecule has 0 saturated heterocycles. The predicted octanol–water partition coefficient (Wildman–Crippen LogP) is 3.64. The molecule has 26 heavy (non-hydrogen) atoms. The molecule has 0 aliphatic rings.